The summed E-state index contributed by atoms with van der Waals surface area (Å²) in [7, 11) is 0. The van der Waals surface area contributed by atoms with E-state index in [-0.39, 0.29) is 12.0 Å². The number of aliphatic hydroxyl groups is 1. The summed E-state index contributed by atoms with van der Waals surface area (Å²) >= 11 is 0. The third-order valence-electron chi connectivity index (χ3n) is 3.39. The molecule has 0 heterocycles. The molecule has 0 saturated carbocycles. The third-order valence-corrected chi connectivity index (χ3v) is 3.39. The molecule has 0 aliphatic carbocycles. The zero-order valence-electron chi connectivity index (χ0n) is 11.5. The van der Waals surface area contributed by atoms with Crippen molar-refractivity contribution in [3.05, 3.63) is 71.0 Å². The lowest BCUT2D eigenvalue weighted by Gasteiger charge is -2.20. The summed E-state index contributed by atoms with van der Waals surface area (Å²) < 4.78 is 51.1. The lowest BCUT2D eigenvalue weighted by Crippen LogP contribution is -2.28. The minimum Gasteiger partial charge on any atom is -0.391 e. The molecule has 0 aliphatic rings. The fourth-order valence-electron chi connectivity index (χ4n) is 2.17. The van der Waals surface area contributed by atoms with E-state index in [1.807, 2.05) is 6.07 Å². The van der Waals surface area contributed by atoms with Gasteiger partial charge < -0.3 is 10.8 Å². The second kappa shape index (κ2) is 6.46. The maximum Gasteiger partial charge on any atom is 0.419 e. The van der Waals surface area contributed by atoms with Crippen LogP contribution in [0.4, 0.5) is 17.6 Å². The molecular formula is C16H15F4NO. The highest BCUT2D eigenvalue weighted by atomic mass is 19.4. The van der Waals surface area contributed by atoms with Crippen LogP contribution in [-0.4, -0.2) is 11.2 Å². The Bertz CT molecular complexity index is 628. The van der Waals surface area contributed by atoms with E-state index in [1.165, 1.54) is 0 Å². The molecule has 0 saturated heterocycles. The van der Waals surface area contributed by atoms with E-state index in [4.69, 9.17) is 5.73 Å². The van der Waals surface area contributed by atoms with Crippen LogP contribution < -0.4 is 5.73 Å². The van der Waals surface area contributed by atoms with Crippen molar-refractivity contribution in [2.45, 2.75) is 24.7 Å². The fourth-order valence-corrected chi connectivity index (χ4v) is 2.17. The number of nitrogens with two attached hydrogens (primary N) is 1. The Morgan fingerprint density at radius 2 is 1.68 bits per heavy atom. The number of benzene rings is 2. The molecule has 6 heteroatoms. The Labute approximate surface area is 125 Å². The molecule has 0 spiro atoms. The van der Waals surface area contributed by atoms with Gasteiger partial charge in [-0.1, -0.05) is 36.4 Å². The van der Waals surface area contributed by atoms with Crippen LogP contribution in [0.2, 0.25) is 0 Å². The van der Waals surface area contributed by atoms with E-state index in [0.29, 0.717) is 6.07 Å². The normalized spacial score (nSPS) is 14.6. The summed E-state index contributed by atoms with van der Waals surface area (Å²) in [6.45, 7) is 0. The molecule has 2 atom stereocenters. The average Bonchev–Trinajstić information content (AvgIpc) is 2.46. The first kappa shape index (κ1) is 16.5. The molecule has 0 fully saturated rings. The summed E-state index contributed by atoms with van der Waals surface area (Å²) in [5.74, 6) is -1.40. The standard InChI is InChI=1S/C16H15F4NO/c17-13-9-11(6-7-12(13)16(18,19)20)15(21)14(22)8-10-4-2-1-3-5-10/h1-7,9,14-15,22H,8,21H2/t14-,15+/m1/s1. The Morgan fingerprint density at radius 3 is 2.23 bits per heavy atom. The van der Waals surface area contributed by atoms with E-state index in [2.05, 4.69) is 0 Å². The highest BCUT2D eigenvalue weighted by Gasteiger charge is 2.34. The molecule has 0 amide bonds. The van der Waals surface area contributed by atoms with Crippen molar-refractivity contribution < 1.29 is 22.7 Å². The summed E-state index contributed by atoms with van der Waals surface area (Å²) in [5, 5.41) is 10.1. The van der Waals surface area contributed by atoms with Crippen molar-refractivity contribution in [1.29, 1.82) is 0 Å². The van der Waals surface area contributed by atoms with Crippen molar-refractivity contribution in [3.8, 4) is 0 Å². The Hall–Kier alpha value is -1.92. The monoisotopic (exact) mass is 313 g/mol. The van der Waals surface area contributed by atoms with Gasteiger partial charge in [0.05, 0.1) is 17.7 Å². The van der Waals surface area contributed by atoms with Crippen LogP contribution in [0, 0.1) is 5.82 Å². The van der Waals surface area contributed by atoms with Gasteiger partial charge in [-0.25, -0.2) is 4.39 Å². The van der Waals surface area contributed by atoms with E-state index in [0.717, 1.165) is 17.7 Å². The second-order valence-corrected chi connectivity index (χ2v) is 5.02. The first-order chi connectivity index (χ1) is 10.3. The zero-order chi connectivity index (χ0) is 16.3. The highest BCUT2D eigenvalue weighted by molar-refractivity contribution is 5.29. The zero-order valence-corrected chi connectivity index (χ0v) is 11.5. The van der Waals surface area contributed by atoms with Crippen LogP contribution in [0.1, 0.15) is 22.7 Å². The van der Waals surface area contributed by atoms with E-state index in [9.17, 15) is 22.7 Å². The van der Waals surface area contributed by atoms with Gasteiger partial charge in [-0.05, 0) is 23.3 Å². The first-order valence-electron chi connectivity index (χ1n) is 6.63. The number of alkyl halides is 3. The van der Waals surface area contributed by atoms with E-state index in [1.54, 1.807) is 24.3 Å². The Balaban J connectivity index is 2.15. The maximum absolute atomic E-state index is 13.5. The average molecular weight is 313 g/mol. The molecule has 2 aromatic carbocycles. The fraction of sp³-hybridized carbons (Fsp3) is 0.250. The highest BCUT2D eigenvalue weighted by Crippen LogP contribution is 2.32. The molecule has 0 aromatic heterocycles. The van der Waals surface area contributed by atoms with Gasteiger partial charge in [0, 0.05) is 6.42 Å². The number of hydrogen-bond donors (Lipinski definition) is 2. The summed E-state index contributed by atoms with van der Waals surface area (Å²) in [4.78, 5) is 0. The topological polar surface area (TPSA) is 46.2 Å². The summed E-state index contributed by atoms with van der Waals surface area (Å²) in [5.41, 5.74) is 5.42. The van der Waals surface area contributed by atoms with E-state index >= 15 is 0 Å². The minimum absolute atomic E-state index is 0.119. The molecule has 0 unspecified atom stereocenters. The molecule has 0 bridgehead atoms. The van der Waals surface area contributed by atoms with Crippen molar-refractivity contribution >= 4 is 0 Å². The number of aliphatic hydroxyl groups excluding tert-OH is 1. The van der Waals surface area contributed by atoms with Crippen LogP contribution >= 0.6 is 0 Å². The van der Waals surface area contributed by atoms with Crippen molar-refractivity contribution in [3.63, 3.8) is 0 Å². The Kier molecular flexibility index (Phi) is 4.83. The molecule has 22 heavy (non-hydrogen) atoms. The van der Waals surface area contributed by atoms with Gasteiger partial charge in [-0.2, -0.15) is 13.2 Å². The largest absolute Gasteiger partial charge is 0.419 e. The van der Waals surface area contributed by atoms with Gasteiger partial charge in [0.25, 0.3) is 0 Å². The lowest BCUT2D eigenvalue weighted by atomic mass is 9.96. The van der Waals surface area contributed by atoms with Gasteiger partial charge >= 0.3 is 6.18 Å². The molecule has 118 valence electrons. The van der Waals surface area contributed by atoms with E-state index < -0.39 is 29.7 Å². The molecule has 3 N–H and O–H groups in total. The van der Waals surface area contributed by atoms with Crippen molar-refractivity contribution in [1.82, 2.24) is 0 Å². The van der Waals surface area contributed by atoms with Gasteiger partial charge in [0.15, 0.2) is 0 Å². The predicted octanol–water partition coefficient (Wildman–Crippen LogP) is 3.45. The van der Waals surface area contributed by atoms with Crippen molar-refractivity contribution in [2.24, 2.45) is 5.73 Å². The molecular weight excluding hydrogens is 298 g/mol. The number of hydrogen-bond acceptors (Lipinski definition) is 2. The first-order valence-corrected chi connectivity index (χ1v) is 6.63. The van der Waals surface area contributed by atoms with Crippen LogP contribution in [0.5, 0.6) is 0 Å². The van der Waals surface area contributed by atoms with Crippen LogP contribution in [0.3, 0.4) is 0 Å². The summed E-state index contributed by atoms with van der Waals surface area (Å²) in [6, 6.07) is 10.5. The quantitative estimate of drug-likeness (QED) is 0.849. The van der Waals surface area contributed by atoms with Crippen molar-refractivity contribution in [2.75, 3.05) is 0 Å². The lowest BCUT2D eigenvalue weighted by molar-refractivity contribution is -0.140. The molecule has 2 nitrogen and oxygen atoms in total. The van der Waals surface area contributed by atoms with Gasteiger partial charge in [-0.15, -0.1) is 0 Å². The molecule has 2 aromatic rings. The smallest absolute Gasteiger partial charge is 0.391 e. The maximum atomic E-state index is 13.5. The van der Waals surface area contributed by atoms with Crippen LogP contribution in [0.15, 0.2) is 48.5 Å². The predicted molar refractivity (Wildman–Crippen MR) is 74.5 cm³/mol. The third kappa shape index (κ3) is 3.84. The number of rotatable bonds is 4. The van der Waals surface area contributed by atoms with Gasteiger partial charge in [0.1, 0.15) is 5.82 Å². The Morgan fingerprint density at radius 1 is 1.05 bits per heavy atom. The second-order valence-electron chi connectivity index (χ2n) is 5.02. The minimum atomic E-state index is -4.75. The SMILES string of the molecule is N[C@@H](c1ccc(C(F)(F)F)c(F)c1)[C@H](O)Cc1ccccc1. The molecule has 0 radical (unpaired) electrons. The van der Waals surface area contributed by atoms with Crippen LogP contribution in [0.25, 0.3) is 0 Å². The number of halogens is 4. The van der Waals surface area contributed by atoms with Gasteiger partial charge in [0.2, 0.25) is 0 Å². The van der Waals surface area contributed by atoms with Gasteiger partial charge in [-0.3, -0.25) is 0 Å². The molecule has 2 rings (SSSR count). The van der Waals surface area contributed by atoms with Crippen LogP contribution in [-0.2, 0) is 12.6 Å². The molecule has 0 aliphatic heterocycles. The summed E-state index contributed by atoms with van der Waals surface area (Å²) in [6.07, 6.45) is -5.56.